The Morgan fingerprint density at radius 3 is 2.25 bits per heavy atom. The number of hydrogen-bond acceptors (Lipinski definition) is 7. The third-order valence-corrected chi connectivity index (χ3v) is 8.84. The van der Waals surface area contributed by atoms with Crippen molar-refractivity contribution < 1.29 is 24.1 Å². The molecule has 4 rings (SSSR count). The van der Waals surface area contributed by atoms with Crippen LogP contribution in [0.1, 0.15) is 109 Å². The summed E-state index contributed by atoms with van der Waals surface area (Å²) < 4.78 is 5.78. The Balaban J connectivity index is 1.62. The van der Waals surface area contributed by atoms with E-state index in [-0.39, 0.29) is 41.9 Å². The number of non-ortho nitro benzene ring substituents is 1. The first-order chi connectivity index (χ1) is 19.2. The highest BCUT2D eigenvalue weighted by Crippen LogP contribution is 2.53. The fourth-order valence-corrected chi connectivity index (χ4v) is 6.39. The number of hydrogen-bond donors (Lipinski definition) is 0. The van der Waals surface area contributed by atoms with Crippen LogP contribution in [0.15, 0.2) is 41.6 Å². The average molecular weight is 549 g/mol. The van der Waals surface area contributed by atoms with Gasteiger partial charge in [-0.05, 0) is 78.5 Å². The van der Waals surface area contributed by atoms with Gasteiger partial charge < -0.3 is 9.57 Å². The highest BCUT2D eigenvalue weighted by molar-refractivity contribution is 6.03. The van der Waals surface area contributed by atoms with Crippen LogP contribution in [0.3, 0.4) is 0 Å². The molecule has 0 spiro atoms. The fraction of sp³-hybridized carbons (Fsp3) is 0.531. The minimum absolute atomic E-state index is 0.0766. The van der Waals surface area contributed by atoms with E-state index in [1.807, 2.05) is 31.2 Å². The van der Waals surface area contributed by atoms with Crippen LogP contribution in [0.5, 0.6) is 0 Å². The van der Waals surface area contributed by atoms with Crippen molar-refractivity contribution in [2.45, 2.75) is 103 Å². The van der Waals surface area contributed by atoms with Crippen LogP contribution in [0.4, 0.5) is 5.69 Å². The first kappa shape index (κ1) is 29.4. The van der Waals surface area contributed by atoms with Crippen LogP contribution in [0.2, 0.25) is 0 Å². The summed E-state index contributed by atoms with van der Waals surface area (Å²) in [6, 6.07) is 11.0. The van der Waals surface area contributed by atoms with E-state index < -0.39 is 11.4 Å². The van der Waals surface area contributed by atoms with Crippen LogP contribution in [0.25, 0.3) is 11.1 Å². The topological polar surface area (TPSA) is 108 Å². The first-order valence-corrected chi connectivity index (χ1v) is 14.6. The van der Waals surface area contributed by atoms with Crippen LogP contribution in [-0.4, -0.2) is 28.7 Å². The normalized spacial score (nSPS) is 17.1. The number of fused-ring (bicyclic) bond motifs is 3. The average Bonchev–Trinajstić information content (AvgIpc) is 3.25. The van der Waals surface area contributed by atoms with Crippen molar-refractivity contribution in [2.75, 3.05) is 0 Å². The molecule has 0 N–H and O–H groups in total. The molecule has 1 fully saturated rings. The van der Waals surface area contributed by atoms with Crippen LogP contribution < -0.4 is 0 Å². The molecule has 0 amide bonds. The third-order valence-electron chi connectivity index (χ3n) is 8.84. The van der Waals surface area contributed by atoms with Crippen molar-refractivity contribution in [1.82, 2.24) is 0 Å². The Morgan fingerprint density at radius 2 is 1.62 bits per heavy atom. The number of carbonyl (C=O) groups excluding carboxylic acids is 2. The van der Waals surface area contributed by atoms with Gasteiger partial charge in [0.25, 0.3) is 5.69 Å². The van der Waals surface area contributed by atoms with Crippen molar-refractivity contribution in [2.24, 2.45) is 11.1 Å². The standard InChI is InChI=1S/C32H40N2O6/c1-5-30(35)40-33-29(17-18-31(36)39-21(4)22-11-9-8-10-12-22)23-13-15-25-26-16-14-24(34(37)38)20-28(26)32(6-2,7-3)27(25)19-23/h13-16,19-22H,5-12,17-18H2,1-4H3. The van der Waals surface area contributed by atoms with Gasteiger partial charge in [-0.25, -0.2) is 4.79 Å². The molecule has 0 aliphatic heterocycles. The fourth-order valence-electron chi connectivity index (χ4n) is 6.39. The van der Waals surface area contributed by atoms with Gasteiger partial charge >= 0.3 is 11.9 Å². The van der Waals surface area contributed by atoms with Gasteiger partial charge in [-0.2, -0.15) is 0 Å². The molecule has 214 valence electrons. The number of nitro benzene ring substituents is 1. The van der Waals surface area contributed by atoms with Crippen molar-refractivity contribution in [3.8, 4) is 11.1 Å². The molecule has 1 unspecified atom stereocenters. The number of ether oxygens (including phenoxy) is 1. The summed E-state index contributed by atoms with van der Waals surface area (Å²) >= 11 is 0. The second kappa shape index (κ2) is 12.7. The highest BCUT2D eigenvalue weighted by atomic mass is 16.7. The van der Waals surface area contributed by atoms with Gasteiger partial charge in [-0.15, -0.1) is 0 Å². The van der Waals surface area contributed by atoms with E-state index >= 15 is 0 Å². The molecule has 0 heterocycles. The zero-order valence-corrected chi connectivity index (χ0v) is 24.0. The number of nitrogens with zero attached hydrogens (tertiary/aromatic N) is 2. The van der Waals surface area contributed by atoms with Crippen molar-refractivity contribution in [3.63, 3.8) is 0 Å². The van der Waals surface area contributed by atoms with E-state index in [9.17, 15) is 19.7 Å². The molecule has 8 nitrogen and oxygen atoms in total. The van der Waals surface area contributed by atoms with Crippen LogP contribution >= 0.6 is 0 Å². The largest absolute Gasteiger partial charge is 0.462 e. The molecule has 0 radical (unpaired) electrons. The molecule has 0 bridgehead atoms. The number of nitro groups is 1. The maximum absolute atomic E-state index is 12.8. The number of oxime groups is 1. The smallest absolute Gasteiger partial charge is 0.334 e. The molecule has 2 aliphatic carbocycles. The van der Waals surface area contributed by atoms with Gasteiger partial charge in [0.1, 0.15) is 6.10 Å². The lowest BCUT2D eigenvalue weighted by atomic mass is 9.73. The minimum Gasteiger partial charge on any atom is -0.462 e. The molecular weight excluding hydrogens is 508 g/mol. The summed E-state index contributed by atoms with van der Waals surface area (Å²) in [4.78, 5) is 41.1. The number of rotatable bonds is 11. The Kier molecular flexibility index (Phi) is 9.38. The van der Waals surface area contributed by atoms with E-state index in [0.717, 1.165) is 53.5 Å². The Hall–Kier alpha value is -3.55. The summed E-state index contributed by atoms with van der Waals surface area (Å²) in [7, 11) is 0. The lowest BCUT2D eigenvalue weighted by Gasteiger charge is -2.29. The predicted octanol–water partition coefficient (Wildman–Crippen LogP) is 7.63. The van der Waals surface area contributed by atoms with E-state index in [4.69, 9.17) is 9.57 Å². The molecule has 8 heteroatoms. The molecule has 1 saturated carbocycles. The summed E-state index contributed by atoms with van der Waals surface area (Å²) in [5.74, 6) is -0.338. The highest BCUT2D eigenvalue weighted by Gasteiger charge is 2.41. The number of carbonyl (C=O) groups is 2. The van der Waals surface area contributed by atoms with Crippen molar-refractivity contribution in [1.29, 1.82) is 0 Å². The van der Waals surface area contributed by atoms with E-state index in [0.29, 0.717) is 11.6 Å². The first-order valence-electron chi connectivity index (χ1n) is 14.6. The number of benzene rings is 2. The summed E-state index contributed by atoms with van der Waals surface area (Å²) in [6.45, 7) is 7.86. The maximum Gasteiger partial charge on any atom is 0.334 e. The predicted molar refractivity (Wildman–Crippen MR) is 154 cm³/mol. The molecule has 0 saturated heterocycles. The summed E-state index contributed by atoms with van der Waals surface area (Å²) in [5.41, 5.74) is 4.97. The van der Waals surface area contributed by atoms with Gasteiger partial charge in [0, 0.05) is 30.4 Å². The monoisotopic (exact) mass is 548 g/mol. The summed E-state index contributed by atoms with van der Waals surface area (Å²) in [5, 5.41) is 15.7. The number of esters is 1. The lowest BCUT2D eigenvalue weighted by molar-refractivity contribution is -0.384. The molecule has 2 aliphatic rings. The molecule has 1 atom stereocenters. The molecule has 0 aromatic heterocycles. The van der Waals surface area contributed by atoms with Gasteiger partial charge in [-0.1, -0.05) is 57.3 Å². The van der Waals surface area contributed by atoms with E-state index in [1.54, 1.807) is 19.1 Å². The van der Waals surface area contributed by atoms with Gasteiger partial charge in [0.15, 0.2) is 0 Å². The summed E-state index contributed by atoms with van der Waals surface area (Å²) in [6.07, 6.45) is 7.74. The van der Waals surface area contributed by atoms with Gasteiger partial charge in [-0.3, -0.25) is 14.9 Å². The zero-order valence-electron chi connectivity index (χ0n) is 24.0. The molecule has 2 aromatic rings. The Bertz CT molecular complexity index is 1290. The third kappa shape index (κ3) is 5.96. The van der Waals surface area contributed by atoms with Gasteiger partial charge in [0.2, 0.25) is 0 Å². The minimum atomic E-state index is -0.455. The van der Waals surface area contributed by atoms with Crippen LogP contribution in [-0.2, 0) is 24.6 Å². The Morgan fingerprint density at radius 1 is 0.975 bits per heavy atom. The zero-order chi connectivity index (χ0) is 28.9. The van der Waals surface area contributed by atoms with E-state index in [2.05, 4.69) is 19.0 Å². The maximum atomic E-state index is 12.8. The van der Waals surface area contributed by atoms with Crippen molar-refractivity contribution in [3.05, 3.63) is 63.2 Å². The molecule has 40 heavy (non-hydrogen) atoms. The van der Waals surface area contributed by atoms with Crippen molar-refractivity contribution >= 4 is 23.3 Å². The lowest BCUT2D eigenvalue weighted by Crippen LogP contribution is -2.26. The van der Waals surface area contributed by atoms with Crippen LogP contribution in [0, 0.1) is 16.0 Å². The second-order valence-corrected chi connectivity index (χ2v) is 11.0. The van der Waals surface area contributed by atoms with E-state index in [1.165, 1.54) is 19.3 Å². The molecular formula is C32H40N2O6. The van der Waals surface area contributed by atoms with Gasteiger partial charge in [0.05, 0.1) is 17.1 Å². The second-order valence-electron chi connectivity index (χ2n) is 11.0. The molecule has 2 aromatic carbocycles. The Labute approximate surface area is 236 Å². The quantitative estimate of drug-likeness (QED) is 0.0939. The SMILES string of the molecule is CCC(=O)ON=C(CCC(=O)OC(C)C1CCCCC1)c1ccc2c(c1)C(CC)(CC)c1cc([N+](=O)[O-])ccc1-2.